The SMILES string of the molecule is CC1Oc2c(cc(F)cc2N2CCNCC2)NC1=O. The number of nitrogens with one attached hydrogen (secondary N) is 2. The number of hydrogen-bond acceptors (Lipinski definition) is 4. The van der Waals surface area contributed by atoms with Gasteiger partial charge in [0.25, 0.3) is 5.91 Å². The van der Waals surface area contributed by atoms with E-state index in [1.54, 1.807) is 6.92 Å². The molecule has 1 aromatic rings. The van der Waals surface area contributed by atoms with Gasteiger partial charge in [0, 0.05) is 38.3 Å². The third-order valence-electron chi connectivity index (χ3n) is 3.41. The van der Waals surface area contributed by atoms with Gasteiger partial charge in [-0.05, 0) is 6.92 Å². The number of piperazine rings is 1. The summed E-state index contributed by atoms with van der Waals surface area (Å²) in [5.41, 5.74) is 1.12. The minimum atomic E-state index is -0.556. The normalized spacial score (nSPS) is 22.5. The van der Waals surface area contributed by atoms with Crippen molar-refractivity contribution >= 4 is 17.3 Å². The molecule has 0 bridgehead atoms. The Bertz CT molecular complexity index is 515. The molecule has 2 N–H and O–H groups in total. The first-order valence-electron chi connectivity index (χ1n) is 6.42. The Balaban J connectivity index is 2.01. The summed E-state index contributed by atoms with van der Waals surface area (Å²) in [7, 11) is 0. The Kier molecular flexibility index (Phi) is 3.02. The first kappa shape index (κ1) is 12.2. The molecule has 1 fully saturated rings. The molecule has 102 valence electrons. The molecule has 1 amide bonds. The van der Waals surface area contributed by atoms with Gasteiger partial charge in [-0.25, -0.2) is 4.39 Å². The van der Waals surface area contributed by atoms with Crippen LogP contribution in [0.4, 0.5) is 15.8 Å². The van der Waals surface area contributed by atoms with Crippen LogP contribution in [0.1, 0.15) is 6.92 Å². The van der Waals surface area contributed by atoms with Gasteiger partial charge >= 0.3 is 0 Å². The predicted molar refractivity (Wildman–Crippen MR) is 70.2 cm³/mol. The molecular weight excluding hydrogens is 249 g/mol. The molecule has 1 unspecified atom stereocenters. The Morgan fingerprint density at radius 2 is 2.11 bits per heavy atom. The highest BCUT2D eigenvalue weighted by Crippen LogP contribution is 2.40. The van der Waals surface area contributed by atoms with Crippen molar-refractivity contribution in [2.24, 2.45) is 0 Å². The molecule has 19 heavy (non-hydrogen) atoms. The second kappa shape index (κ2) is 4.70. The number of ether oxygens (including phenoxy) is 1. The second-order valence-electron chi connectivity index (χ2n) is 4.79. The quantitative estimate of drug-likeness (QED) is 0.794. The van der Waals surface area contributed by atoms with Gasteiger partial charge in [-0.2, -0.15) is 0 Å². The van der Waals surface area contributed by atoms with Gasteiger partial charge in [0.15, 0.2) is 11.9 Å². The minimum Gasteiger partial charge on any atom is -0.477 e. The number of fused-ring (bicyclic) bond motifs is 1. The maximum Gasteiger partial charge on any atom is 0.265 e. The lowest BCUT2D eigenvalue weighted by atomic mass is 10.1. The minimum absolute atomic E-state index is 0.246. The van der Waals surface area contributed by atoms with E-state index in [0.717, 1.165) is 26.2 Å². The fourth-order valence-electron chi connectivity index (χ4n) is 2.40. The van der Waals surface area contributed by atoms with Crippen LogP contribution in [0.2, 0.25) is 0 Å². The molecular formula is C13H16FN3O2. The Morgan fingerprint density at radius 3 is 2.84 bits per heavy atom. The van der Waals surface area contributed by atoms with Crippen LogP contribution < -0.4 is 20.3 Å². The lowest BCUT2D eigenvalue weighted by Gasteiger charge is -2.33. The van der Waals surface area contributed by atoms with Gasteiger partial charge in [0.2, 0.25) is 0 Å². The van der Waals surface area contributed by atoms with Gasteiger partial charge in [0.1, 0.15) is 5.82 Å². The molecule has 5 nitrogen and oxygen atoms in total. The summed E-state index contributed by atoms with van der Waals surface area (Å²) in [5.74, 6) is -0.0505. The molecule has 0 spiro atoms. The molecule has 2 aliphatic rings. The zero-order chi connectivity index (χ0) is 13.4. The van der Waals surface area contributed by atoms with E-state index in [4.69, 9.17) is 4.74 Å². The molecule has 1 saturated heterocycles. The summed E-state index contributed by atoms with van der Waals surface area (Å²) in [4.78, 5) is 13.6. The fourth-order valence-corrected chi connectivity index (χ4v) is 2.40. The van der Waals surface area contributed by atoms with Gasteiger partial charge < -0.3 is 20.3 Å². The molecule has 6 heteroatoms. The van der Waals surface area contributed by atoms with E-state index in [-0.39, 0.29) is 11.7 Å². The van der Waals surface area contributed by atoms with E-state index in [9.17, 15) is 9.18 Å². The lowest BCUT2D eigenvalue weighted by molar-refractivity contribution is -0.122. The standard InChI is InChI=1S/C13H16FN3O2/c1-8-13(18)16-10-6-9(14)7-11(12(10)19-8)17-4-2-15-3-5-17/h6-8,15H,2-5H2,1H3,(H,16,18). The zero-order valence-electron chi connectivity index (χ0n) is 10.7. The van der Waals surface area contributed by atoms with Crippen LogP contribution >= 0.6 is 0 Å². The molecule has 1 aromatic carbocycles. The third kappa shape index (κ3) is 2.23. The van der Waals surface area contributed by atoms with E-state index in [1.807, 2.05) is 0 Å². The largest absolute Gasteiger partial charge is 0.477 e. The summed E-state index contributed by atoms with van der Waals surface area (Å²) in [5, 5.41) is 5.93. The molecule has 0 saturated carbocycles. The number of rotatable bonds is 1. The number of hydrogen-bond donors (Lipinski definition) is 2. The van der Waals surface area contributed by atoms with E-state index in [2.05, 4.69) is 15.5 Å². The molecule has 2 heterocycles. The van der Waals surface area contributed by atoms with Crippen molar-refractivity contribution in [1.29, 1.82) is 0 Å². The molecule has 0 aromatic heterocycles. The first-order chi connectivity index (χ1) is 9.15. The topological polar surface area (TPSA) is 53.6 Å². The van der Waals surface area contributed by atoms with Gasteiger partial charge in [-0.1, -0.05) is 0 Å². The first-order valence-corrected chi connectivity index (χ1v) is 6.42. The summed E-state index contributed by atoms with van der Waals surface area (Å²) >= 11 is 0. The van der Waals surface area contributed by atoms with Crippen LogP contribution in [-0.2, 0) is 4.79 Å². The van der Waals surface area contributed by atoms with E-state index >= 15 is 0 Å². The highest BCUT2D eigenvalue weighted by Gasteiger charge is 2.28. The third-order valence-corrected chi connectivity index (χ3v) is 3.41. The Hall–Kier alpha value is -1.82. The van der Waals surface area contributed by atoms with Crippen LogP contribution in [-0.4, -0.2) is 38.2 Å². The van der Waals surface area contributed by atoms with Crippen molar-refractivity contribution in [3.63, 3.8) is 0 Å². The van der Waals surface area contributed by atoms with Gasteiger partial charge in [-0.3, -0.25) is 4.79 Å². The highest BCUT2D eigenvalue weighted by atomic mass is 19.1. The number of benzene rings is 1. The average Bonchev–Trinajstić information content (AvgIpc) is 2.41. The van der Waals surface area contributed by atoms with Crippen molar-refractivity contribution in [3.8, 4) is 5.75 Å². The van der Waals surface area contributed by atoms with Crippen LogP contribution in [0.25, 0.3) is 0 Å². The van der Waals surface area contributed by atoms with E-state index in [1.165, 1.54) is 12.1 Å². The van der Waals surface area contributed by atoms with Crippen LogP contribution in [0.5, 0.6) is 5.75 Å². The number of carbonyl (C=O) groups is 1. The number of nitrogens with zero attached hydrogens (tertiary/aromatic N) is 1. The van der Waals surface area contributed by atoms with Crippen molar-refractivity contribution in [2.45, 2.75) is 13.0 Å². The van der Waals surface area contributed by atoms with Crippen molar-refractivity contribution in [1.82, 2.24) is 5.32 Å². The monoisotopic (exact) mass is 265 g/mol. The smallest absolute Gasteiger partial charge is 0.265 e. The second-order valence-corrected chi connectivity index (χ2v) is 4.79. The average molecular weight is 265 g/mol. The zero-order valence-corrected chi connectivity index (χ0v) is 10.7. The van der Waals surface area contributed by atoms with E-state index in [0.29, 0.717) is 17.1 Å². The van der Waals surface area contributed by atoms with Crippen LogP contribution in [0.3, 0.4) is 0 Å². The predicted octanol–water partition coefficient (Wildman–Crippen LogP) is 0.955. The molecule has 0 aliphatic carbocycles. The highest BCUT2D eigenvalue weighted by molar-refractivity contribution is 5.99. The molecule has 0 radical (unpaired) electrons. The summed E-state index contributed by atoms with van der Waals surface area (Å²) in [6.07, 6.45) is -0.556. The number of halogens is 1. The summed E-state index contributed by atoms with van der Waals surface area (Å²) < 4.78 is 19.3. The summed E-state index contributed by atoms with van der Waals surface area (Å²) in [6.45, 7) is 4.98. The van der Waals surface area contributed by atoms with Crippen molar-refractivity contribution in [2.75, 3.05) is 36.4 Å². The van der Waals surface area contributed by atoms with Gasteiger partial charge in [0.05, 0.1) is 11.4 Å². The maximum absolute atomic E-state index is 13.7. The van der Waals surface area contributed by atoms with Crippen LogP contribution in [0.15, 0.2) is 12.1 Å². The van der Waals surface area contributed by atoms with Crippen molar-refractivity contribution in [3.05, 3.63) is 17.9 Å². The lowest BCUT2D eigenvalue weighted by Crippen LogP contribution is -2.44. The number of amides is 1. The number of anilines is 2. The fraction of sp³-hybridized carbons (Fsp3) is 0.462. The van der Waals surface area contributed by atoms with Crippen molar-refractivity contribution < 1.29 is 13.9 Å². The molecule has 3 rings (SSSR count). The summed E-state index contributed by atoms with van der Waals surface area (Å²) in [6, 6.07) is 2.76. The van der Waals surface area contributed by atoms with Crippen LogP contribution in [0, 0.1) is 5.82 Å². The molecule has 1 atom stereocenters. The van der Waals surface area contributed by atoms with E-state index < -0.39 is 6.10 Å². The molecule has 2 aliphatic heterocycles. The maximum atomic E-state index is 13.7. The Morgan fingerprint density at radius 1 is 1.37 bits per heavy atom. The van der Waals surface area contributed by atoms with Gasteiger partial charge in [-0.15, -0.1) is 0 Å². The number of carbonyl (C=O) groups excluding carboxylic acids is 1. The Labute approximate surface area is 110 Å².